The summed E-state index contributed by atoms with van der Waals surface area (Å²) in [6.45, 7) is 4.15. The van der Waals surface area contributed by atoms with E-state index in [1.165, 1.54) is 66.8 Å². The Morgan fingerprint density at radius 2 is 0.750 bits per heavy atom. The van der Waals surface area contributed by atoms with E-state index in [9.17, 15) is 0 Å². The average molecular weight is 868 g/mol. The van der Waals surface area contributed by atoms with E-state index in [1.807, 2.05) is 6.08 Å². The standard InChI is InChI=1S/C67H49N/c1-2-3-34-62-61-45-44-60(48-64(61)67(57-30-18-8-19-31-57,58-32-20-9-21-33-58)66(62)55-37-35-52(36-38-55)49-22-10-4-11-23-49)68(59-42-39-53(40-43-59)50-24-12-5-13-25-50)65-46-41-56(51-26-14-6-15-27-51)47-63(65)54-28-16-7-17-29-54/h2-48H,1H2/b34-3-. The van der Waals surface area contributed by atoms with Gasteiger partial charge in [0.05, 0.1) is 11.1 Å². The highest BCUT2D eigenvalue weighted by Crippen LogP contribution is 2.60. The van der Waals surface area contributed by atoms with Crippen molar-refractivity contribution in [1.29, 1.82) is 0 Å². The van der Waals surface area contributed by atoms with Gasteiger partial charge >= 0.3 is 0 Å². The Hall–Kier alpha value is -8.78. The van der Waals surface area contributed by atoms with Gasteiger partial charge < -0.3 is 4.90 Å². The predicted molar refractivity (Wildman–Crippen MR) is 288 cm³/mol. The molecule has 10 aromatic carbocycles. The molecular formula is C67H49N. The Bertz CT molecular complexity index is 3350. The molecule has 0 radical (unpaired) electrons. The molecule has 1 nitrogen and oxygen atoms in total. The van der Waals surface area contributed by atoms with E-state index in [2.05, 4.69) is 291 Å². The summed E-state index contributed by atoms with van der Waals surface area (Å²) in [6, 6.07) is 97.2. The first kappa shape index (κ1) is 41.9. The van der Waals surface area contributed by atoms with Crippen LogP contribution in [0, 0.1) is 0 Å². The molecule has 0 spiro atoms. The van der Waals surface area contributed by atoms with Crippen LogP contribution in [-0.2, 0) is 5.41 Å². The van der Waals surface area contributed by atoms with E-state index >= 15 is 0 Å². The SMILES string of the molecule is C=C/C=C\C1=C(c2ccc(-c3ccccc3)cc2)C(c2ccccc2)(c2ccccc2)c2cc(N(c3ccc(-c4ccccc4)cc3)c3ccc(-c4ccccc4)cc3-c3ccccc3)ccc21. The molecule has 0 aromatic heterocycles. The summed E-state index contributed by atoms with van der Waals surface area (Å²) >= 11 is 0. The molecule has 0 N–H and O–H groups in total. The van der Waals surface area contributed by atoms with Crippen molar-refractivity contribution in [3.8, 4) is 44.5 Å². The molecule has 0 aliphatic heterocycles. The Morgan fingerprint density at radius 3 is 1.26 bits per heavy atom. The molecule has 10 aromatic rings. The Morgan fingerprint density at radius 1 is 0.338 bits per heavy atom. The highest BCUT2D eigenvalue weighted by Gasteiger charge is 2.48. The number of anilines is 3. The van der Waals surface area contributed by atoms with Gasteiger partial charge in [0, 0.05) is 16.9 Å². The number of allylic oxidation sites excluding steroid dienone is 5. The number of hydrogen-bond acceptors (Lipinski definition) is 1. The molecule has 1 aliphatic rings. The van der Waals surface area contributed by atoms with Gasteiger partial charge in [0.2, 0.25) is 0 Å². The topological polar surface area (TPSA) is 3.24 Å². The van der Waals surface area contributed by atoms with E-state index in [1.54, 1.807) is 0 Å². The molecule has 0 atom stereocenters. The molecule has 0 amide bonds. The fraction of sp³-hybridized carbons (Fsp3) is 0.0149. The lowest BCUT2D eigenvalue weighted by Gasteiger charge is -2.37. The summed E-state index contributed by atoms with van der Waals surface area (Å²) in [7, 11) is 0. The van der Waals surface area contributed by atoms with Crippen LogP contribution in [0.2, 0.25) is 0 Å². The van der Waals surface area contributed by atoms with Gasteiger partial charge in [0.1, 0.15) is 0 Å². The van der Waals surface area contributed by atoms with Gasteiger partial charge in [0.25, 0.3) is 0 Å². The molecular weight excluding hydrogens is 819 g/mol. The van der Waals surface area contributed by atoms with Crippen LogP contribution < -0.4 is 4.90 Å². The minimum Gasteiger partial charge on any atom is -0.310 e. The molecule has 0 bridgehead atoms. The van der Waals surface area contributed by atoms with Crippen LogP contribution in [-0.4, -0.2) is 0 Å². The third-order valence-electron chi connectivity index (χ3n) is 13.4. The zero-order valence-electron chi connectivity index (χ0n) is 37.8. The maximum atomic E-state index is 4.15. The quantitative estimate of drug-likeness (QED) is 0.111. The first-order valence-electron chi connectivity index (χ1n) is 23.4. The maximum Gasteiger partial charge on any atom is 0.0720 e. The fourth-order valence-electron chi connectivity index (χ4n) is 10.3. The minimum absolute atomic E-state index is 0.703. The summed E-state index contributed by atoms with van der Waals surface area (Å²) < 4.78 is 0. The van der Waals surface area contributed by atoms with Gasteiger partial charge in [-0.15, -0.1) is 0 Å². The molecule has 0 saturated heterocycles. The first-order chi connectivity index (χ1) is 33.7. The van der Waals surface area contributed by atoms with Crippen LogP contribution in [0.25, 0.3) is 55.7 Å². The first-order valence-corrected chi connectivity index (χ1v) is 23.4. The summed E-state index contributed by atoms with van der Waals surface area (Å²) in [5.41, 5.74) is 20.2. The minimum atomic E-state index is -0.703. The second kappa shape index (κ2) is 18.6. The number of rotatable bonds is 12. The lowest BCUT2D eigenvalue weighted by Crippen LogP contribution is -2.29. The molecule has 322 valence electrons. The van der Waals surface area contributed by atoms with Crippen molar-refractivity contribution in [1.82, 2.24) is 0 Å². The molecule has 0 unspecified atom stereocenters. The summed E-state index contributed by atoms with van der Waals surface area (Å²) in [5.74, 6) is 0. The van der Waals surface area contributed by atoms with Crippen molar-refractivity contribution in [3.05, 3.63) is 320 Å². The molecule has 1 heteroatoms. The lowest BCUT2D eigenvalue weighted by atomic mass is 9.65. The van der Waals surface area contributed by atoms with Gasteiger partial charge in [-0.2, -0.15) is 0 Å². The highest BCUT2D eigenvalue weighted by atomic mass is 15.1. The van der Waals surface area contributed by atoms with Crippen molar-refractivity contribution < 1.29 is 0 Å². The van der Waals surface area contributed by atoms with Gasteiger partial charge in [0.15, 0.2) is 0 Å². The van der Waals surface area contributed by atoms with Gasteiger partial charge in [-0.3, -0.25) is 0 Å². The van der Waals surface area contributed by atoms with E-state index < -0.39 is 5.41 Å². The van der Waals surface area contributed by atoms with Crippen LogP contribution in [0.1, 0.15) is 27.8 Å². The molecule has 11 rings (SSSR count). The van der Waals surface area contributed by atoms with Crippen LogP contribution in [0.4, 0.5) is 17.1 Å². The van der Waals surface area contributed by atoms with Crippen LogP contribution in [0.3, 0.4) is 0 Å². The second-order valence-electron chi connectivity index (χ2n) is 17.3. The van der Waals surface area contributed by atoms with E-state index in [-0.39, 0.29) is 0 Å². The van der Waals surface area contributed by atoms with Crippen molar-refractivity contribution >= 4 is 28.2 Å². The van der Waals surface area contributed by atoms with E-state index in [4.69, 9.17) is 0 Å². The summed E-state index contributed by atoms with van der Waals surface area (Å²) in [6.07, 6.45) is 6.22. The lowest BCUT2D eigenvalue weighted by molar-refractivity contribution is 0.814. The van der Waals surface area contributed by atoms with E-state index in [0.29, 0.717) is 0 Å². The third kappa shape index (κ3) is 7.70. The van der Waals surface area contributed by atoms with Gasteiger partial charge in [-0.25, -0.2) is 0 Å². The van der Waals surface area contributed by atoms with Crippen molar-refractivity contribution in [2.45, 2.75) is 5.41 Å². The zero-order chi connectivity index (χ0) is 45.7. The number of hydrogen-bond donors (Lipinski definition) is 0. The van der Waals surface area contributed by atoms with E-state index in [0.717, 1.165) is 33.8 Å². The second-order valence-corrected chi connectivity index (χ2v) is 17.3. The smallest absolute Gasteiger partial charge is 0.0720 e. The van der Waals surface area contributed by atoms with Crippen molar-refractivity contribution in [2.75, 3.05) is 4.90 Å². The number of benzene rings is 10. The van der Waals surface area contributed by atoms with Crippen LogP contribution >= 0.6 is 0 Å². The summed E-state index contributed by atoms with van der Waals surface area (Å²) in [5, 5.41) is 0. The average Bonchev–Trinajstić information content (AvgIpc) is 3.72. The van der Waals surface area contributed by atoms with Gasteiger partial charge in [-0.05, 0) is 114 Å². The molecule has 0 fully saturated rings. The normalized spacial score (nSPS) is 12.8. The maximum absolute atomic E-state index is 4.15. The third-order valence-corrected chi connectivity index (χ3v) is 13.4. The van der Waals surface area contributed by atoms with Gasteiger partial charge in [-0.1, -0.05) is 255 Å². The van der Waals surface area contributed by atoms with Crippen molar-refractivity contribution in [3.63, 3.8) is 0 Å². The largest absolute Gasteiger partial charge is 0.310 e. The van der Waals surface area contributed by atoms with Crippen LogP contribution in [0.5, 0.6) is 0 Å². The molecule has 0 saturated carbocycles. The van der Waals surface area contributed by atoms with Crippen molar-refractivity contribution in [2.24, 2.45) is 0 Å². The number of nitrogens with zero attached hydrogens (tertiary/aromatic N) is 1. The fourth-order valence-corrected chi connectivity index (χ4v) is 10.3. The highest BCUT2D eigenvalue weighted by molar-refractivity contribution is 6.09. The Labute approximate surface area is 400 Å². The molecule has 0 heterocycles. The summed E-state index contributed by atoms with van der Waals surface area (Å²) in [4.78, 5) is 2.46. The molecule has 68 heavy (non-hydrogen) atoms. The number of fused-ring (bicyclic) bond motifs is 1. The molecule has 1 aliphatic carbocycles. The predicted octanol–water partition coefficient (Wildman–Crippen LogP) is 17.8. The Balaban J connectivity index is 1.19. The monoisotopic (exact) mass is 867 g/mol. The Kier molecular flexibility index (Phi) is 11.5. The van der Waals surface area contributed by atoms with Crippen LogP contribution in [0.15, 0.2) is 292 Å². The zero-order valence-corrected chi connectivity index (χ0v) is 37.8.